The van der Waals surface area contributed by atoms with Gasteiger partial charge in [0.1, 0.15) is 10.7 Å². The van der Waals surface area contributed by atoms with Crippen LogP contribution < -0.4 is 11.1 Å². The second-order valence-electron chi connectivity index (χ2n) is 2.31. The van der Waals surface area contributed by atoms with E-state index in [2.05, 4.69) is 15.3 Å². The van der Waals surface area contributed by atoms with E-state index in [1.54, 1.807) is 6.07 Å². The van der Waals surface area contributed by atoms with Crippen LogP contribution in [0.25, 0.3) is 0 Å². The number of rotatable bonds is 2. The molecule has 0 aliphatic carbocycles. The van der Waals surface area contributed by atoms with Gasteiger partial charge in [0.2, 0.25) is 11.9 Å². The molecule has 5 nitrogen and oxygen atoms in total. The first kappa shape index (κ1) is 9.53. The largest absolute Gasteiger partial charge is 0.388 e. The molecule has 0 fully saturated rings. The molecule has 1 aromatic heterocycles. The number of amides is 1. The van der Waals surface area contributed by atoms with Crippen molar-refractivity contribution in [3.63, 3.8) is 0 Å². The fraction of sp³-hybridized carbons (Fsp3) is 0.143. The zero-order valence-corrected chi connectivity index (χ0v) is 7.76. The van der Waals surface area contributed by atoms with Gasteiger partial charge in [0.15, 0.2) is 0 Å². The van der Waals surface area contributed by atoms with Crippen LogP contribution in [0.2, 0.25) is 0 Å². The van der Waals surface area contributed by atoms with E-state index in [0.29, 0.717) is 5.69 Å². The molecule has 3 N–H and O–H groups in total. The number of hydrogen-bond acceptors (Lipinski definition) is 4. The first-order valence-electron chi connectivity index (χ1n) is 3.50. The number of carbonyl (C=O) groups excluding carboxylic acids is 1. The van der Waals surface area contributed by atoms with Gasteiger partial charge in [0.05, 0.1) is 0 Å². The Bertz CT molecular complexity index is 352. The van der Waals surface area contributed by atoms with Gasteiger partial charge in [-0.15, -0.1) is 0 Å². The topological polar surface area (TPSA) is 80.9 Å². The molecule has 0 bridgehead atoms. The average molecular weight is 196 g/mol. The summed E-state index contributed by atoms with van der Waals surface area (Å²) in [5, 5.41) is 2.42. The Balaban J connectivity index is 2.91. The average Bonchev–Trinajstić information content (AvgIpc) is 2.03. The maximum atomic E-state index is 10.6. The van der Waals surface area contributed by atoms with E-state index in [1.807, 2.05) is 0 Å². The lowest BCUT2D eigenvalue weighted by molar-refractivity contribution is -0.114. The van der Waals surface area contributed by atoms with Crippen LogP contribution in [0.1, 0.15) is 12.6 Å². The molecule has 68 valence electrons. The zero-order chi connectivity index (χ0) is 9.84. The predicted octanol–water partition coefficient (Wildman–Crippen LogP) is 0.0692. The highest BCUT2D eigenvalue weighted by atomic mass is 32.1. The SMILES string of the molecule is CC(=O)Nc1nccc(C(N)=S)n1. The normalized spacial score (nSPS) is 9.31. The number of thiocarbonyl (C=S) groups is 1. The zero-order valence-electron chi connectivity index (χ0n) is 6.94. The number of aromatic nitrogens is 2. The number of carbonyl (C=O) groups is 1. The van der Waals surface area contributed by atoms with Gasteiger partial charge in [0.25, 0.3) is 0 Å². The molecule has 0 spiro atoms. The molecular weight excluding hydrogens is 188 g/mol. The Kier molecular flexibility index (Phi) is 2.86. The first-order valence-corrected chi connectivity index (χ1v) is 3.91. The van der Waals surface area contributed by atoms with Gasteiger partial charge >= 0.3 is 0 Å². The van der Waals surface area contributed by atoms with Crippen molar-refractivity contribution >= 4 is 29.1 Å². The highest BCUT2D eigenvalue weighted by Gasteiger charge is 2.01. The molecule has 0 aliphatic heterocycles. The summed E-state index contributed by atoms with van der Waals surface area (Å²) in [5.41, 5.74) is 5.78. The van der Waals surface area contributed by atoms with Crippen LogP contribution in [0.3, 0.4) is 0 Å². The quantitative estimate of drug-likeness (QED) is 0.654. The van der Waals surface area contributed by atoms with Crippen molar-refractivity contribution in [1.82, 2.24) is 9.97 Å². The van der Waals surface area contributed by atoms with Gasteiger partial charge in [-0.05, 0) is 6.07 Å². The fourth-order valence-electron chi connectivity index (χ4n) is 0.714. The number of hydrogen-bond donors (Lipinski definition) is 2. The fourth-order valence-corrected chi connectivity index (χ4v) is 0.827. The summed E-state index contributed by atoms with van der Waals surface area (Å²) in [6, 6.07) is 1.58. The molecule has 6 heteroatoms. The van der Waals surface area contributed by atoms with Crippen LogP contribution in [0.15, 0.2) is 12.3 Å². The molecule has 13 heavy (non-hydrogen) atoms. The lowest BCUT2D eigenvalue weighted by Crippen LogP contribution is -2.15. The third kappa shape index (κ3) is 2.75. The van der Waals surface area contributed by atoms with E-state index in [9.17, 15) is 4.79 Å². The van der Waals surface area contributed by atoms with Gasteiger partial charge in [-0.1, -0.05) is 12.2 Å². The van der Waals surface area contributed by atoms with E-state index >= 15 is 0 Å². The molecule has 0 aromatic carbocycles. The van der Waals surface area contributed by atoms with Gasteiger partial charge in [0, 0.05) is 13.1 Å². The van der Waals surface area contributed by atoms with E-state index in [1.165, 1.54) is 13.1 Å². The minimum atomic E-state index is -0.236. The van der Waals surface area contributed by atoms with Crippen LogP contribution >= 0.6 is 12.2 Å². The Labute approximate surface area is 80.4 Å². The second kappa shape index (κ2) is 3.90. The number of nitrogens with zero attached hydrogens (tertiary/aromatic N) is 2. The molecule has 0 aliphatic rings. The Morgan fingerprint density at radius 1 is 1.69 bits per heavy atom. The van der Waals surface area contributed by atoms with Crippen LogP contribution in [0.5, 0.6) is 0 Å². The third-order valence-electron chi connectivity index (χ3n) is 1.20. The monoisotopic (exact) mass is 196 g/mol. The van der Waals surface area contributed by atoms with Crippen LogP contribution in [-0.4, -0.2) is 20.9 Å². The second-order valence-corrected chi connectivity index (χ2v) is 2.75. The summed E-state index contributed by atoms with van der Waals surface area (Å²) in [5.74, 6) is -0.0297. The maximum Gasteiger partial charge on any atom is 0.230 e. The van der Waals surface area contributed by atoms with Crippen molar-refractivity contribution in [2.45, 2.75) is 6.92 Å². The van der Waals surface area contributed by atoms with Crippen molar-refractivity contribution in [3.8, 4) is 0 Å². The van der Waals surface area contributed by atoms with E-state index in [4.69, 9.17) is 18.0 Å². The number of anilines is 1. The Morgan fingerprint density at radius 3 is 2.92 bits per heavy atom. The smallest absolute Gasteiger partial charge is 0.230 e. The Morgan fingerprint density at radius 2 is 2.38 bits per heavy atom. The van der Waals surface area contributed by atoms with Crippen LogP contribution in [-0.2, 0) is 4.79 Å². The highest BCUT2D eigenvalue weighted by molar-refractivity contribution is 7.80. The highest BCUT2D eigenvalue weighted by Crippen LogP contribution is 1.99. The summed E-state index contributed by atoms with van der Waals surface area (Å²) in [4.78, 5) is 18.5. The molecule has 0 atom stereocenters. The van der Waals surface area contributed by atoms with Crippen molar-refractivity contribution in [2.24, 2.45) is 5.73 Å². The molecular formula is C7H8N4OS. The Hall–Kier alpha value is -1.56. The molecule has 1 aromatic rings. The summed E-state index contributed by atoms with van der Waals surface area (Å²) >= 11 is 4.71. The molecule has 0 saturated carbocycles. The predicted molar refractivity (Wildman–Crippen MR) is 52.2 cm³/mol. The van der Waals surface area contributed by atoms with Crippen molar-refractivity contribution < 1.29 is 4.79 Å². The van der Waals surface area contributed by atoms with Gasteiger partial charge < -0.3 is 5.73 Å². The lowest BCUT2D eigenvalue weighted by Gasteiger charge is -2.01. The summed E-state index contributed by atoms with van der Waals surface area (Å²) in [6.45, 7) is 1.37. The van der Waals surface area contributed by atoms with E-state index in [-0.39, 0.29) is 16.8 Å². The molecule has 1 rings (SSSR count). The summed E-state index contributed by atoms with van der Waals surface area (Å²) in [6.07, 6.45) is 1.48. The van der Waals surface area contributed by atoms with E-state index < -0.39 is 0 Å². The maximum absolute atomic E-state index is 10.6. The molecule has 0 unspecified atom stereocenters. The summed E-state index contributed by atoms with van der Waals surface area (Å²) < 4.78 is 0. The van der Waals surface area contributed by atoms with Crippen molar-refractivity contribution in [3.05, 3.63) is 18.0 Å². The third-order valence-corrected chi connectivity index (χ3v) is 1.41. The standard InChI is InChI=1S/C7H8N4OS/c1-4(12)10-7-9-3-2-5(11-7)6(8)13/h2-3H,1H3,(H2,8,13)(H,9,10,11,12). The minimum absolute atomic E-state index is 0.175. The number of nitrogens with one attached hydrogen (secondary N) is 1. The van der Waals surface area contributed by atoms with Crippen molar-refractivity contribution in [2.75, 3.05) is 5.32 Å². The molecule has 1 amide bonds. The minimum Gasteiger partial charge on any atom is -0.388 e. The number of nitrogens with two attached hydrogens (primary N) is 1. The summed E-state index contributed by atoms with van der Waals surface area (Å²) in [7, 11) is 0. The van der Waals surface area contributed by atoms with Gasteiger partial charge in [-0.25, -0.2) is 9.97 Å². The molecule has 0 radical (unpaired) electrons. The van der Waals surface area contributed by atoms with E-state index in [0.717, 1.165) is 0 Å². The lowest BCUT2D eigenvalue weighted by atomic mass is 10.4. The first-order chi connectivity index (χ1) is 6.09. The molecule has 1 heterocycles. The molecule has 0 saturated heterocycles. The van der Waals surface area contributed by atoms with Crippen molar-refractivity contribution in [1.29, 1.82) is 0 Å². The van der Waals surface area contributed by atoms with Crippen LogP contribution in [0, 0.1) is 0 Å². The van der Waals surface area contributed by atoms with Gasteiger partial charge in [-0.2, -0.15) is 0 Å². The van der Waals surface area contributed by atoms with Crippen LogP contribution in [0.4, 0.5) is 5.95 Å². The van der Waals surface area contributed by atoms with Gasteiger partial charge in [-0.3, -0.25) is 10.1 Å².